The van der Waals surface area contributed by atoms with Gasteiger partial charge in [-0.15, -0.1) is 0 Å². The summed E-state index contributed by atoms with van der Waals surface area (Å²) in [5, 5.41) is 2.98. The Bertz CT molecular complexity index is 979. The van der Waals surface area contributed by atoms with E-state index in [4.69, 9.17) is 10.5 Å². The number of ether oxygens (including phenoxy) is 1. The summed E-state index contributed by atoms with van der Waals surface area (Å²) in [5.74, 6) is 0.359. The number of piperazine rings is 1. The van der Waals surface area contributed by atoms with Gasteiger partial charge in [0, 0.05) is 31.9 Å². The van der Waals surface area contributed by atoms with Crippen LogP contribution in [0.15, 0.2) is 41.6 Å². The average molecular weight is 435 g/mol. The van der Waals surface area contributed by atoms with E-state index >= 15 is 0 Å². The molecule has 11 heteroatoms. The van der Waals surface area contributed by atoms with E-state index in [2.05, 4.69) is 15.3 Å². The summed E-state index contributed by atoms with van der Waals surface area (Å²) in [5.41, 5.74) is 6.07. The predicted octanol–water partition coefficient (Wildman–Crippen LogP) is 2.04. The number of amides is 1. The van der Waals surface area contributed by atoms with Gasteiger partial charge in [-0.3, -0.25) is 0 Å². The van der Waals surface area contributed by atoms with E-state index in [0.717, 1.165) is 0 Å². The molecule has 1 aromatic carbocycles. The standard InChI is InChI=1S/C19H26N6O4S/c1-19(2,3)29-18(26)24-8-10-25(11-9-24)30(27,28)16-6-4-15(5-7-16)23-17-21-12-14(20)13-22-17/h4-7,12-13H,8-11,20H2,1-3H3,(H,21,22,23). The van der Waals surface area contributed by atoms with Crippen molar-refractivity contribution in [3.05, 3.63) is 36.7 Å². The SMILES string of the molecule is CC(C)(C)OC(=O)N1CCN(S(=O)(=O)c2ccc(Nc3ncc(N)cn3)cc2)CC1. The maximum absolute atomic E-state index is 12.9. The Labute approximate surface area is 176 Å². The number of rotatable bonds is 4. The van der Waals surface area contributed by atoms with Gasteiger partial charge in [0.05, 0.1) is 23.0 Å². The molecule has 1 amide bonds. The van der Waals surface area contributed by atoms with Crippen LogP contribution in [0.5, 0.6) is 0 Å². The Hall–Kier alpha value is -2.92. The highest BCUT2D eigenvalue weighted by Gasteiger charge is 2.31. The molecular weight excluding hydrogens is 408 g/mol. The molecule has 1 aliphatic heterocycles. The van der Waals surface area contributed by atoms with Crippen LogP contribution in [0, 0.1) is 0 Å². The van der Waals surface area contributed by atoms with Crippen LogP contribution in [0.25, 0.3) is 0 Å². The lowest BCUT2D eigenvalue weighted by Crippen LogP contribution is -2.51. The molecule has 0 atom stereocenters. The largest absolute Gasteiger partial charge is 0.444 e. The van der Waals surface area contributed by atoms with Crippen molar-refractivity contribution in [3.63, 3.8) is 0 Å². The van der Waals surface area contributed by atoms with Crippen molar-refractivity contribution in [2.24, 2.45) is 0 Å². The maximum atomic E-state index is 12.9. The van der Waals surface area contributed by atoms with Crippen molar-refractivity contribution in [2.45, 2.75) is 31.3 Å². The van der Waals surface area contributed by atoms with Crippen LogP contribution < -0.4 is 11.1 Å². The smallest absolute Gasteiger partial charge is 0.410 e. The first kappa shape index (κ1) is 21.8. The Morgan fingerprint density at radius 1 is 1.07 bits per heavy atom. The minimum absolute atomic E-state index is 0.178. The fraction of sp³-hybridized carbons (Fsp3) is 0.421. The first-order chi connectivity index (χ1) is 14.0. The Morgan fingerprint density at radius 2 is 1.63 bits per heavy atom. The van der Waals surface area contributed by atoms with E-state index in [0.29, 0.717) is 17.3 Å². The van der Waals surface area contributed by atoms with Gasteiger partial charge in [0.2, 0.25) is 16.0 Å². The first-order valence-corrected chi connectivity index (χ1v) is 10.9. The molecule has 0 saturated carbocycles. The molecule has 1 saturated heterocycles. The van der Waals surface area contributed by atoms with Crippen LogP contribution in [-0.2, 0) is 14.8 Å². The zero-order valence-electron chi connectivity index (χ0n) is 17.2. The number of benzene rings is 1. The summed E-state index contributed by atoms with van der Waals surface area (Å²) in [6.45, 7) is 6.36. The quantitative estimate of drug-likeness (QED) is 0.747. The molecule has 1 aliphatic rings. The Morgan fingerprint density at radius 3 is 2.17 bits per heavy atom. The minimum Gasteiger partial charge on any atom is -0.444 e. The van der Waals surface area contributed by atoms with Gasteiger partial charge in [0.25, 0.3) is 0 Å². The fourth-order valence-electron chi connectivity index (χ4n) is 2.83. The average Bonchev–Trinajstić information content (AvgIpc) is 2.69. The number of carbonyl (C=O) groups is 1. The topological polar surface area (TPSA) is 131 Å². The van der Waals surface area contributed by atoms with Gasteiger partial charge < -0.3 is 20.7 Å². The Balaban J connectivity index is 1.62. The fourth-order valence-corrected chi connectivity index (χ4v) is 4.25. The summed E-state index contributed by atoms with van der Waals surface area (Å²) in [6, 6.07) is 6.33. The highest BCUT2D eigenvalue weighted by atomic mass is 32.2. The first-order valence-electron chi connectivity index (χ1n) is 9.47. The molecule has 30 heavy (non-hydrogen) atoms. The predicted molar refractivity (Wildman–Crippen MR) is 113 cm³/mol. The molecule has 162 valence electrons. The van der Waals surface area contributed by atoms with Gasteiger partial charge in [0.15, 0.2) is 0 Å². The lowest BCUT2D eigenvalue weighted by atomic mass is 10.2. The third kappa shape index (κ3) is 5.36. The van der Waals surface area contributed by atoms with E-state index in [1.807, 2.05) is 0 Å². The molecule has 3 N–H and O–H groups in total. The van der Waals surface area contributed by atoms with Crippen LogP contribution >= 0.6 is 0 Å². The van der Waals surface area contributed by atoms with Gasteiger partial charge >= 0.3 is 6.09 Å². The number of nitrogens with zero attached hydrogens (tertiary/aromatic N) is 4. The maximum Gasteiger partial charge on any atom is 0.410 e. The van der Waals surface area contributed by atoms with Crippen molar-refractivity contribution < 1.29 is 17.9 Å². The molecule has 2 aromatic rings. The summed E-state index contributed by atoms with van der Waals surface area (Å²) in [6.07, 6.45) is 2.52. The third-order valence-electron chi connectivity index (χ3n) is 4.31. The summed E-state index contributed by atoms with van der Waals surface area (Å²) in [4.78, 5) is 22.0. The van der Waals surface area contributed by atoms with Gasteiger partial charge in [-0.1, -0.05) is 0 Å². The van der Waals surface area contributed by atoms with Gasteiger partial charge in [-0.25, -0.2) is 23.2 Å². The van der Waals surface area contributed by atoms with Crippen molar-refractivity contribution in [1.29, 1.82) is 0 Å². The number of anilines is 3. The van der Waals surface area contributed by atoms with E-state index in [1.54, 1.807) is 32.9 Å². The Kier molecular flexibility index (Phi) is 6.13. The highest BCUT2D eigenvalue weighted by Crippen LogP contribution is 2.22. The van der Waals surface area contributed by atoms with Gasteiger partial charge in [-0.05, 0) is 45.0 Å². The number of sulfonamides is 1. The number of nitrogens with two attached hydrogens (primary N) is 1. The van der Waals surface area contributed by atoms with Crippen LogP contribution in [0.1, 0.15) is 20.8 Å². The van der Waals surface area contributed by atoms with E-state index in [9.17, 15) is 13.2 Å². The van der Waals surface area contributed by atoms with Crippen molar-refractivity contribution >= 4 is 33.4 Å². The molecule has 2 heterocycles. The van der Waals surface area contributed by atoms with Gasteiger partial charge in [0.1, 0.15) is 5.60 Å². The number of nitrogens with one attached hydrogen (secondary N) is 1. The van der Waals surface area contributed by atoms with Gasteiger partial charge in [-0.2, -0.15) is 4.31 Å². The minimum atomic E-state index is -3.66. The second-order valence-corrected chi connectivity index (χ2v) is 9.80. The van der Waals surface area contributed by atoms with Crippen molar-refractivity contribution in [2.75, 3.05) is 37.2 Å². The number of nitrogen functional groups attached to an aromatic ring is 1. The third-order valence-corrected chi connectivity index (χ3v) is 6.22. The monoisotopic (exact) mass is 434 g/mol. The summed E-state index contributed by atoms with van der Waals surface area (Å²) < 4.78 is 32.6. The number of hydrogen-bond donors (Lipinski definition) is 2. The van der Waals surface area contributed by atoms with E-state index in [1.165, 1.54) is 33.7 Å². The molecule has 0 spiro atoms. The molecular formula is C19H26N6O4S. The zero-order valence-corrected chi connectivity index (χ0v) is 18.0. The normalized spacial score (nSPS) is 15.6. The van der Waals surface area contributed by atoms with Crippen molar-refractivity contribution in [1.82, 2.24) is 19.2 Å². The number of hydrogen-bond acceptors (Lipinski definition) is 8. The summed E-state index contributed by atoms with van der Waals surface area (Å²) in [7, 11) is -3.66. The summed E-state index contributed by atoms with van der Waals surface area (Å²) >= 11 is 0. The van der Waals surface area contributed by atoms with E-state index in [-0.39, 0.29) is 31.1 Å². The van der Waals surface area contributed by atoms with Crippen LogP contribution in [0.3, 0.4) is 0 Å². The lowest BCUT2D eigenvalue weighted by molar-refractivity contribution is 0.0192. The highest BCUT2D eigenvalue weighted by molar-refractivity contribution is 7.89. The molecule has 1 fully saturated rings. The van der Waals surface area contributed by atoms with Crippen LogP contribution in [0.4, 0.5) is 22.1 Å². The van der Waals surface area contributed by atoms with E-state index < -0.39 is 21.7 Å². The number of carbonyl (C=O) groups excluding carboxylic acids is 1. The molecule has 0 bridgehead atoms. The molecule has 0 aliphatic carbocycles. The van der Waals surface area contributed by atoms with Crippen molar-refractivity contribution in [3.8, 4) is 0 Å². The molecule has 1 aromatic heterocycles. The lowest BCUT2D eigenvalue weighted by Gasteiger charge is -2.35. The molecule has 0 radical (unpaired) electrons. The second-order valence-electron chi connectivity index (χ2n) is 7.86. The van der Waals surface area contributed by atoms with Crippen LogP contribution in [0.2, 0.25) is 0 Å². The molecule has 10 nitrogen and oxygen atoms in total. The number of aromatic nitrogens is 2. The second kappa shape index (κ2) is 8.44. The zero-order chi connectivity index (χ0) is 21.9. The van der Waals surface area contributed by atoms with Crippen LogP contribution in [-0.4, -0.2) is 65.5 Å². The molecule has 0 unspecified atom stereocenters. The molecule has 3 rings (SSSR count).